The average molecular weight is 271 g/mol. The molecular formula is C16H17NO3. The number of carbonyl (C=O) groups excluding carboxylic acids is 1. The van der Waals surface area contributed by atoms with Crippen LogP contribution in [0.1, 0.15) is 15.9 Å². The van der Waals surface area contributed by atoms with Crippen LogP contribution in [0.5, 0.6) is 5.75 Å². The maximum Gasteiger partial charge on any atom is 0.338 e. The fourth-order valence-corrected chi connectivity index (χ4v) is 1.80. The van der Waals surface area contributed by atoms with Gasteiger partial charge in [0.2, 0.25) is 0 Å². The van der Waals surface area contributed by atoms with Gasteiger partial charge in [-0.1, -0.05) is 18.2 Å². The maximum atomic E-state index is 11.8. The first-order valence-electron chi connectivity index (χ1n) is 6.34. The Balaban J connectivity index is 1.84. The average Bonchev–Trinajstić information content (AvgIpc) is 2.48. The zero-order chi connectivity index (χ0) is 14.4. The van der Waals surface area contributed by atoms with Crippen molar-refractivity contribution in [1.82, 2.24) is 0 Å². The fourth-order valence-electron chi connectivity index (χ4n) is 1.80. The molecule has 2 aromatic carbocycles. The summed E-state index contributed by atoms with van der Waals surface area (Å²) in [5, 5.41) is 0. The molecule has 0 atom stereocenters. The lowest BCUT2D eigenvalue weighted by Gasteiger charge is -2.06. The van der Waals surface area contributed by atoms with Crippen molar-refractivity contribution in [3.8, 4) is 5.75 Å². The molecule has 2 aromatic rings. The normalized spacial score (nSPS) is 10.1. The monoisotopic (exact) mass is 271 g/mol. The SMILES string of the molecule is COc1ccc(CCOC(=O)c2cccc(N)c2)cc1. The molecule has 104 valence electrons. The van der Waals surface area contributed by atoms with Gasteiger partial charge in [0.15, 0.2) is 0 Å². The van der Waals surface area contributed by atoms with Crippen molar-refractivity contribution in [2.24, 2.45) is 0 Å². The summed E-state index contributed by atoms with van der Waals surface area (Å²) < 4.78 is 10.3. The van der Waals surface area contributed by atoms with Crippen LogP contribution in [0.25, 0.3) is 0 Å². The lowest BCUT2D eigenvalue weighted by Crippen LogP contribution is -2.08. The molecular weight excluding hydrogens is 254 g/mol. The fraction of sp³-hybridized carbons (Fsp3) is 0.188. The highest BCUT2D eigenvalue weighted by Crippen LogP contribution is 2.12. The van der Waals surface area contributed by atoms with Crippen LogP contribution in [0, 0.1) is 0 Å². The number of hydrogen-bond donors (Lipinski definition) is 1. The summed E-state index contributed by atoms with van der Waals surface area (Å²) in [7, 11) is 1.63. The molecule has 4 nitrogen and oxygen atoms in total. The highest BCUT2D eigenvalue weighted by Gasteiger charge is 2.07. The highest BCUT2D eigenvalue weighted by atomic mass is 16.5. The minimum Gasteiger partial charge on any atom is -0.497 e. The molecule has 0 aliphatic carbocycles. The Morgan fingerprint density at radius 1 is 1.15 bits per heavy atom. The number of benzene rings is 2. The van der Waals surface area contributed by atoms with Crippen molar-refractivity contribution in [2.45, 2.75) is 6.42 Å². The lowest BCUT2D eigenvalue weighted by molar-refractivity contribution is 0.0509. The lowest BCUT2D eigenvalue weighted by atomic mass is 10.1. The molecule has 4 heteroatoms. The van der Waals surface area contributed by atoms with E-state index in [-0.39, 0.29) is 5.97 Å². The summed E-state index contributed by atoms with van der Waals surface area (Å²) in [6.45, 7) is 0.333. The molecule has 0 aliphatic heterocycles. The second-order valence-corrected chi connectivity index (χ2v) is 4.36. The van der Waals surface area contributed by atoms with Gasteiger partial charge in [-0.2, -0.15) is 0 Å². The van der Waals surface area contributed by atoms with Gasteiger partial charge in [-0.15, -0.1) is 0 Å². The molecule has 2 rings (SSSR count). The van der Waals surface area contributed by atoms with Crippen LogP contribution in [0.15, 0.2) is 48.5 Å². The van der Waals surface area contributed by atoms with Crippen LogP contribution in [0.2, 0.25) is 0 Å². The Hall–Kier alpha value is -2.49. The Kier molecular flexibility index (Phi) is 4.60. The number of rotatable bonds is 5. The van der Waals surface area contributed by atoms with Crippen LogP contribution in [0.4, 0.5) is 5.69 Å². The topological polar surface area (TPSA) is 61.5 Å². The summed E-state index contributed by atoms with van der Waals surface area (Å²) in [4.78, 5) is 11.8. The van der Waals surface area contributed by atoms with E-state index in [2.05, 4.69) is 0 Å². The van der Waals surface area contributed by atoms with Gasteiger partial charge in [-0.3, -0.25) is 0 Å². The molecule has 2 N–H and O–H groups in total. The van der Waals surface area contributed by atoms with Crippen molar-refractivity contribution in [2.75, 3.05) is 19.5 Å². The summed E-state index contributed by atoms with van der Waals surface area (Å²) in [5.74, 6) is 0.455. The van der Waals surface area contributed by atoms with Crippen LogP contribution >= 0.6 is 0 Å². The summed E-state index contributed by atoms with van der Waals surface area (Å²) in [5.41, 5.74) is 7.74. The van der Waals surface area contributed by atoms with Crippen molar-refractivity contribution >= 4 is 11.7 Å². The molecule has 0 fully saturated rings. The number of anilines is 1. The van der Waals surface area contributed by atoms with E-state index in [9.17, 15) is 4.79 Å². The van der Waals surface area contributed by atoms with Crippen LogP contribution in [-0.2, 0) is 11.2 Å². The van der Waals surface area contributed by atoms with Gasteiger partial charge in [-0.25, -0.2) is 4.79 Å². The number of methoxy groups -OCH3 is 1. The van der Waals surface area contributed by atoms with Gasteiger partial charge in [0.05, 0.1) is 19.3 Å². The van der Waals surface area contributed by atoms with Crippen LogP contribution in [-0.4, -0.2) is 19.7 Å². The van der Waals surface area contributed by atoms with Crippen LogP contribution in [0.3, 0.4) is 0 Å². The number of esters is 1. The Morgan fingerprint density at radius 3 is 2.55 bits per heavy atom. The Labute approximate surface area is 118 Å². The third-order valence-electron chi connectivity index (χ3n) is 2.91. The quantitative estimate of drug-likeness (QED) is 0.671. The van der Waals surface area contributed by atoms with E-state index in [1.54, 1.807) is 31.4 Å². The zero-order valence-electron chi connectivity index (χ0n) is 11.3. The van der Waals surface area contributed by atoms with E-state index >= 15 is 0 Å². The van der Waals surface area contributed by atoms with Gasteiger partial charge in [-0.05, 0) is 35.9 Å². The summed E-state index contributed by atoms with van der Waals surface area (Å²) in [6, 6.07) is 14.4. The predicted molar refractivity (Wildman–Crippen MR) is 77.8 cm³/mol. The third-order valence-corrected chi connectivity index (χ3v) is 2.91. The minimum atomic E-state index is -0.356. The standard InChI is InChI=1S/C16H17NO3/c1-19-15-7-5-12(6-8-15)9-10-20-16(18)13-3-2-4-14(17)11-13/h2-8,11H,9-10,17H2,1H3. The van der Waals surface area contributed by atoms with E-state index in [1.807, 2.05) is 24.3 Å². The molecule has 0 bridgehead atoms. The highest BCUT2D eigenvalue weighted by molar-refractivity contribution is 5.90. The van der Waals surface area contributed by atoms with Gasteiger partial charge >= 0.3 is 5.97 Å². The number of ether oxygens (including phenoxy) is 2. The molecule has 0 aliphatic rings. The first kappa shape index (κ1) is 13.9. The van der Waals surface area contributed by atoms with Crippen molar-refractivity contribution in [1.29, 1.82) is 0 Å². The molecule has 0 spiro atoms. The number of nitrogens with two attached hydrogens (primary N) is 1. The molecule has 0 radical (unpaired) electrons. The molecule has 20 heavy (non-hydrogen) atoms. The summed E-state index contributed by atoms with van der Waals surface area (Å²) >= 11 is 0. The first-order chi connectivity index (χ1) is 9.69. The largest absolute Gasteiger partial charge is 0.497 e. The molecule has 0 aromatic heterocycles. The molecule has 0 saturated heterocycles. The Bertz CT molecular complexity index is 579. The molecule has 0 amide bonds. The van der Waals surface area contributed by atoms with E-state index in [4.69, 9.17) is 15.2 Å². The van der Waals surface area contributed by atoms with E-state index in [0.29, 0.717) is 24.3 Å². The third kappa shape index (κ3) is 3.75. The number of carbonyl (C=O) groups is 1. The zero-order valence-corrected chi connectivity index (χ0v) is 11.3. The van der Waals surface area contributed by atoms with Gasteiger partial charge in [0.1, 0.15) is 5.75 Å². The smallest absolute Gasteiger partial charge is 0.338 e. The van der Waals surface area contributed by atoms with E-state index < -0.39 is 0 Å². The van der Waals surface area contributed by atoms with Crippen molar-refractivity contribution < 1.29 is 14.3 Å². The number of nitrogen functional groups attached to an aromatic ring is 1. The molecule has 0 saturated carbocycles. The second-order valence-electron chi connectivity index (χ2n) is 4.36. The molecule has 0 heterocycles. The summed E-state index contributed by atoms with van der Waals surface area (Å²) in [6.07, 6.45) is 0.665. The second kappa shape index (κ2) is 6.61. The Morgan fingerprint density at radius 2 is 1.90 bits per heavy atom. The van der Waals surface area contributed by atoms with Crippen molar-refractivity contribution in [3.63, 3.8) is 0 Å². The number of hydrogen-bond acceptors (Lipinski definition) is 4. The van der Waals surface area contributed by atoms with Crippen LogP contribution < -0.4 is 10.5 Å². The first-order valence-corrected chi connectivity index (χ1v) is 6.34. The maximum absolute atomic E-state index is 11.8. The van der Waals surface area contributed by atoms with E-state index in [0.717, 1.165) is 11.3 Å². The van der Waals surface area contributed by atoms with Gasteiger partial charge < -0.3 is 15.2 Å². The van der Waals surface area contributed by atoms with Gasteiger partial charge in [0, 0.05) is 12.1 Å². The van der Waals surface area contributed by atoms with Gasteiger partial charge in [0.25, 0.3) is 0 Å². The van der Waals surface area contributed by atoms with E-state index in [1.165, 1.54) is 0 Å². The predicted octanol–water partition coefficient (Wildman–Crippen LogP) is 2.68. The minimum absolute atomic E-state index is 0.333. The molecule has 0 unspecified atom stereocenters. The van der Waals surface area contributed by atoms with Crippen molar-refractivity contribution in [3.05, 3.63) is 59.7 Å².